The highest BCUT2D eigenvalue weighted by Crippen LogP contribution is 2.42. The van der Waals surface area contributed by atoms with Crippen molar-refractivity contribution in [2.24, 2.45) is 0 Å². The molecule has 0 radical (unpaired) electrons. The predicted molar refractivity (Wildman–Crippen MR) is 72.2 cm³/mol. The fraction of sp³-hybridized carbons (Fsp3) is 0.500. The molecule has 2 rings (SSSR count). The van der Waals surface area contributed by atoms with E-state index in [0.717, 1.165) is 4.57 Å². The minimum absolute atomic E-state index is 0.00326. The number of nitrogens with two attached hydrogens (primary N) is 1. The fourth-order valence-electron chi connectivity index (χ4n) is 2.08. The normalized spacial score (nSPS) is 31.7. The molecule has 1 saturated heterocycles. The van der Waals surface area contributed by atoms with Crippen LogP contribution in [0.5, 0.6) is 0 Å². The van der Waals surface area contributed by atoms with Crippen molar-refractivity contribution < 1.29 is 19.3 Å². The molecule has 1 aromatic heterocycles. The number of aromatic nitrogens is 2. The molecule has 7 nitrogen and oxygen atoms in total. The SMILES string of the molecule is Nc1ccn(C2OC(CO)[C@H](O)C2(Cl)C#CCF)c(=O)n1. The van der Waals surface area contributed by atoms with E-state index < -0.39 is 42.3 Å². The van der Waals surface area contributed by atoms with Gasteiger partial charge in [0, 0.05) is 6.20 Å². The molecule has 3 unspecified atom stereocenters. The monoisotopic (exact) mass is 317 g/mol. The van der Waals surface area contributed by atoms with Crippen molar-refractivity contribution in [2.45, 2.75) is 23.3 Å². The molecule has 1 aromatic rings. The largest absolute Gasteiger partial charge is 0.394 e. The van der Waals surface area contributed by atoms with E-state index in [9.17, 15) is 19.4 Å². The standard InChI is InChI=1S/C12H13ClFN3O4/c13-12(3-1-4-14)9(19)7(6-18)21-10(12)17-5-2-8(15)16-11(17)20/h2,5,7,9-10,18-19H,4,6H2,(H2,15,16,20)/t7?,9-,10?,12?/m0/s1. The highest BCUT2D eigenvalue weighted by atomic mass is 35.5. The van der Waals surface area contributed by atoms with E-state index in [-0.39, 0.29) is 5.82 Å². The Labute approximate surface area is 124 Å². The Bertz CT molecular complexity index is 643. The number of alkyl halides is 2. The number of halogens is 2. The number of rotatable bonds is 2. The quantitative estimate of drug-likeness (QED) is 0.478. The van der Waals surface area contributed by atoms with Crippen molar-refractivity contribution in [2.75, 3.05) is 19.0 Å². The van der Waals surface area contributed by atoms with E-state index in [1.807, 2.05) is 0 Å². The third-order valence-corrected chi connectivity index (χ3v) is 3.58. The van der Waals surface area contributed by atoms with Gasteiger partial charge in [-0.15, -0.1) is 0 Å². The number of nitrogen functional groups attached to an aromatic ring is 1. The Kier molecular flexibility index (Phi) is 4.49. The van der Waals surface area contributed by atoms with Crippen LogP contribution in [-0.4, -0.2) is 50.1 Å². The number of ether oxygens (including phenoxy) is 1. The number of hydrogen-bond acceptors (Lipinski definition) is 6. The van der Waals surface area contributed by atoms with Crippen LogP contribution in [0.3, 0.4) is 0 Å². The van der Waals surface area contributed by atoms with E-state index in [2.05, 4.69) is 16.8 Å². The smallest absolute Gasteiger partial charge is 0.351 e. The lowest BCUT2D eigenvalue weighted by atomic mass is 9.99. The lowest BCUT2D eigenvalue weighted by Gasteiger charge is -2.25. The second-order valence-electron chi connectivity index (χ2n) is 4.40. The molecule has 2 heterocycles. The lowest BCUT2D eigenvalue weighted by molar-refractivity contribution is -0.0464. The summed E-state index contributed by atoms with van der Waals surface area (Å²) in [7, 11) is 0. The molecule has 9 heteroatoms. The van der Waals surface area contributed by atoms with E-state index in [1.54, 1.807) is 0 Å². The van der Waals surface area contributed by atoms with Crippen molar-refractivity contribution in [3.8, 4) is 11.8 Å². The van der Waals surface area contributed by atoms with Crippen LogP contribution in [0.1, 0.15) is 6.23 Å². The molecule has 1 aliphatic heterocycles. The van der Waals surface area contributed by atoms with Crippen LogP contribution in [0.2, 0.25) is 0 Å². The van der Waals surface area contributed by atoms with Gasteiger partial charge in [0.15, 0.2) is 11.1 Å². The molecular formula is C12H13ClFN3O4. The summed E-state index contributed by atoms with van der Waals surface area (Å²) in [6.07, 6.45) is -2.45. The first-order valence-corrected chi connectivity index (χ1v) is 6.35. The van der Waals surface area contributed by atoms with Gasteiger partial charge in [-0.2, -0.15) is 4.98 Å². The maximum atomic E-state index is 12.3. The maximum absolute atomic E-state index is 12.3. The Morgan fingerprint density at radius 3 is 2.95 bits per heavy atom. The van der Waals surface area contributed by atoms with E-state index >= 15 is 0 Å². The van der Waals surface area contributed by atoms with Crippen molar-refractivity contribution in [1.82, 2.24) is 9.55 Å². The Hall–Kier alpha value is -1.66. The summed E-state index contributed by atoms with van der Waals surface area (Å²) in [4.78, 5) is 13.6. The average molecular weight is 318 g/mol. The maximum Gasteiger partial charge on any atom is 0.351 e. The van der Waals surface area contributed by atoms with Crippen LogP contribution in [0.15, 0.2) is 17.1 Å². The Morgan fingerprint density at radius 1 is 1.67 bits per heavy atom. The van der Waals surface area contributed by atoms with Gasteiger partial charge in [-0.1, -0.05) is 23.4 Å². The number of nitrogens with zero attached hydrogens (tertiary/aromatic N) is 2. The predicted octanol–water partition coefficient (Wildman–Crippen LogP) is -0.973. The van der Waals surface area contributed by atoms with Gasteiger partial charge < -0.3 is 20.7 Å². The zero-order valence-corrected chi connectivity index (χ0v) is 11.5. The van der Waals surface area contributed by atoms with E-state index in [4.69, 9.17) is 22.1 Å². The molecule has 0 aromatic carbocycles. The third kappa shape index (κ3) is 2.73. The van der Waals surface area contributed by atoms with Crippen LogP contribution in [0.4, 0.5) is 10.2 Å². The van der Waals surface area contributed by atoms with Gasteiger partial charge in [0.1, 0.15) is 24.7 Å². The summed E-state index contributed by atoms with van der Waals surface area (Å²) in [5.41, 5.74) is 4.62. The van der Waals surface area contributed by atoms with Crippen molar-refractivity contribution in [1.29, 1.82) is 0 Å². The highest BCUT2D eigenvalue weighted by molar-refractivity contribution is 6.27. The molecular weight excluding hydrogens is 305 g/mol. The second-order valence-corrected chi connectivity index (χ2v) is 5.03. The van der Waals surface area contributed by atoms with Gasteiger partial charge in [-0.25, -0.2) is 9.18 Å². The van der Waals surface area contributed by atoms with Crippen molar-refractivity contribution in [3.05, 3.63) is 22.7 Å². The Morgan fingerprint density at radius 2 is 2.38 bits per heavy atom. The summed E-state index contributed by atoms with van der Waals surface area (Å²) in [6, 6.07) is 1.34. The van der Waals surface area contributed by atoms with E-state index in [1.165, 1.54) is 12.3 Å². The minimum atomic E-state index is -1.79. The molecule has 0 aliphatic carbocycles. The van der Waals surface area contributed by atoms with E-state index in [0.29, 0.717) is 0 Å². The molecule has 4 N–H and O–H groups in total. The molecule has 0 bridgehead atoms. The van der Waals surface area contributed by atoms with Crippen LogP contribution in [-0.2, 0) is 4.74 Å². The van der Waals surface area contributed by atoms with Crippen LogP contribution in [0, 0.1) is 11.8 Å². The number of anilines is 1. The van der Waals surface area contributed by atoms with Crippen LogP contribution >= 0.6 is 11.6 Å². The zero-order chi connectivity index (χ0) is 15.6. The fourth-order valence-corrected chi connectivity index (χ4v) is 2.44. The number of aliphatic hydroxyl groups is 2. The summed E-state index contributed by atoms with van der Waals surface area (Å²) in [5, 5.41) is 19.3. The first kappa shape index (κ1) is 15.7. The van der Waals surface area contributed by atoms with Gasteiger partial charge in [-0.3, -0.25) is 4.57 Å². The van der Waals surface area contributed by atoms with Crippen molar-refractivity contribution in [3.63, 3.8) is 0 Å². The third-order valence-electron chi connectivity index (χ3n) is 3.08. The van der Waals surface area contributed by atoms with Gasteiger partial charge in [0.25, 0.3) is 0 Å². The molecule has 0 spiro atoms. The molecule has 0 amide bonds. The first-order valence-electron chi connectivity index (χ1n) is 5.98. The summed E-state index contributed by atoms with van der Waals surface area (Å²) in [6.45, 7) is -1.52. The highest BCUT2D eigenvalue weighted by Gasteiger charge is 2.55. The number of hydrogen-bond donors (Lipinski definition) is 3. The van der Waals surface area contributed by atoms with Gasteiger partial charge in [0.05, 0.1) is 6.61 Å². The molecule has 0 saturated carbocycles. The lowest BCUT2D eigenvalue weighted by Crippen LogP contribution is -2.43. The van der Waals surface area contributed by atoms with Crippen molar-refractivity contribution >= 4 is 17.4 Å². The summed E-state index contributed by atoms with van der Waals surface area (Å²) >= 11 is 6.24. The molecule has 114 valence electrons. The van der Waals surface area contributed by atoms with Gasteiger partial charge >= 0.3 is 5.69 Å². The van der Waals surface area contributed by atoms with Gasteiger partial charge in [-0.05, 0) is 6.07 Å². The minimum Gasteiger partial charge on any atom is -0.394 e. The van der Waals surface area contributed by atoms with Gasteiger partial charge in [0.2, 0.25) is 0 Å². The zero-order valence-electron chi connectivity index (χ0n) is 10.7. The first-order chi connectivity index (χ1) is 9.93. The van der Waals surface area contributed by atoms with Crippen LogP contribution in [0.25, 0.3) is 0 Å². The molecule has 1 aliphatic rings. The average Bonchev–Trinajstić information content (AvgIpc) is 2.70. The molecule has 4 atom stereocenters. The molecule has 1 fully saturated rings. The summed E-state index contributed by atoms with van der Waals surface area (Å²) in [5.74, 6) is 4.46. The topological polar surface area (TPSA) is 111 Å². The Balaban J connectivity index is 2.51. The van der Waals surface area contributed by atoms with Crippen LogP contribution < -0.4 is 11.4 Å². The molecule has 21 heavy (non-hydrogen) atoms. The summed E-state index contributed by atoms with van der Waals surface area (Å²) < 4.78 is 18.6. The number of aliphatic hydroxyl groups excluding tert-OH is 2. The second kappa shape index (κ2) is 5.99.